The summed E-state index contributed by atoms with van der Waals surface area (Å²) in [5.41, 5.74) is 5.51. The Labute approximate surface area is 148 Å². The minimum atomic E-state index is 0.470. The fourth-order valence-electron chi connectivity index (χ4n) is 7.49. The maximum Gasteiger partial charge on any atom is 0.0276 e. The van der Waals surface area contributed by atoms with Crippen molar-refractivity contribution in [2.24, 2.45) is 39.5 Å². The van der Waals surface area contributed by atoms with Gasteiger partial charge in [0.2, 0.25) is 0 Å². The second-order valence-electron chi connectivity index (χ2n) is 9.70. The molecular formula is C23H35N. The van der Waals surface area contributed by atoms with Crippen LogP contribution in [0.25, 0.3) is 0 Å². The fourth-order valence-corrected chi connectivity index (χ4v) is 7.49. The van der Waals surface area contributed by atoms with Gasteiger partial charge in [-0.25, -0.2) is 0 Å². The molecule has 0 radical (unpaired) electrons. The predicted molar refractivity (Wildman–Crippen MR) is 103 cm³/mol. The van der Waals surface area contributed by atoms with Crippen LogP contribution in [0.5, 0.6) is 0 Å². The molecule has 6 atom stereocenters. The minimum Gasteiger partial charge on any atom is -0.297 e. The van der Waals surface area contributed by atoms with Crippen molar-refractivity contribution in [1.29, 1.82) is 0 Å². The SMILES string of the molecule is C=C1C=C2CCC3C(CCC4(C)C(C(C)=NC)CCC34)C2(C)CC1. The van der Waals surface area contributed by atoms with Gasteiger partial charge in [0.25, 0.3) is 0 Å². The molecule has 0 saturated heterocycles. The molecular weight excluding hydrogens is 290 g/mol. The molecule has 4 aliphatic carbocycles. The monoisotopic (exact) mass is 325 g/mol. The Kier molecular flexibility index (Phi) is 3.86. The molecule has 0 aliphatic heterocycles. The smallest absolute Gasteiger partial charge is 0.0276 e. The predicted octanol–water partition coefficient (Wildman–Crippen LogP) is 6.21. The molecule has 24 heavy (non-hydrogen) atoms. The standard InChI is InChI=1S/C23H35N/c1-15-10-12-22(3)17(14-15)6-7-18-20-9-8-19(16(2)24-5)23(20,4)13-11-21(18)22/h14,18-21H,1,6-13H2,2-5H3. The van der Waals surface area contributed by atoms with Gasteiger partial charge in [-0.05, 0) is 86.9 Å². The van der Waals surface area contributed by atoms with E-state index in [1.165, 1.54) is 62.7 Å². The zero-order valence-corrected chi connectivity index (χ0v) is 16.2. The van der Waals surface area contributed by atoms with Crippen LogP contribution in [-0.2, 0) is 0 Å². The summed E-state index contributed by atoms with van der Waals surface area (Å²) in [5.74, 6) is 3.54. The molecule has 0 aromatic heterocycles. The summed E-state index contributed by atoms with van der Waals surface area (Å²) in [5, 5.41) is 0. The van der Waals surface area contributed by atoms with E-state index in [1.807, 2.05) is 7.05 Å². The first-order chi connectivity index (χ1) is 11.4. The van der Waals surface area contributed by atoms with Gasteiger partial charge in [0.1, 0.15) is 0 Å². The Morgan fingerprint density at radius 1 is 1.08 bits per heavy atom. The second-order valence-corrected chi connectivity index (χ2v) is 9.70. The highest BCUT2D eigenvalue weighted by atomic mass is 14.7. The van der Waals surface area contributed by atoms with Crippen LogP contribution in [0.2, 0.25) is 0 Å². The largest absolute Gasteiger partial charge is 0.297 e. The molecule has 0 spiro atoms. The van der Waals surface area contributed by atoms with Crippen molar-refractivity contribution in [1.82, 2.24) is 0 Å². The lowest BCUT2D eigenvalue weighted by atomic mass is 9.46. The van der Waals surface area contributed by atoms with Gasteiger partial charge in [0.05, 0.1) is 0 Å². The van der Waals surface area contributed by atoms with E-state index in [4.69, 9.17) is 0 Å². The summed E-state index contributed by atoms with van der Waals surface area (Å²) in [4.78, 5) is 4.60. The zero-order valence-electron chi connectivity index (χ0n) is 16.2. The van der Waals surface area contributed by atoms with Crippen LogP contribution in [0, 0.1) is 34.5 Å². The van der Waals surface area contributed by atoms with Crippen LogP contribution in [0.1, 0.15) is 72.1 Å². The number of aliphatic imine (C=N–C) groups is 1. The van der Waals surface area contributed by atoms with Gasteiger partial charge < -0.3 is 0 Å². The Balaban J connectivity index is 1.66. The van der Waals surface area contributed by atoms with Crippen LogP contribution in [-0.4, -0.2) is 12.8 Å². The number of hydrogen-bond donors (Lipinski definition) is 0. The van der Waals surface area contributed by atoms with Crippen LogP contribution in [0.3, 0.4) is 0 Å². The molecule has 0 amide bonds. The number of nitrogens with zero attached hydrogens (tertiary/aromatic N) is 1. The third-order valence-electron chi connectivity index (χ3n) is 8.94. The van der Waals surface area contributed by atoms with Gasteiger partial charge in [0, 0.05) is 18.7 Å². The van der Waals surface area contributed by atoms with Crippen molar-refractivity contribution >= 4 is 5.71 Å². The van der Waals surface area contributed by atoms with Crippen LogP contribution in [0.15, 0.2) is 28.8 Å². The molecule has 4 aliphatic rings. The third-order valence-corrected chi connectivity index (χ3v) is 8.94. The average molecular weight is 326 g/mol. The van der Waals surface area contributed by atoms with Crippen molar-refractivity contribution in [3.8, 4) is 0 Å². The molecule has 0 aromatic carbocycles. The van der Waals surface area contributed by atoms with Crippen molar-refractivity contribution in [2.75, 3.05) is 7.05 Å². The maximum atomic E-state index is 4.60. The molecule has 0 aromatic rings. The van der Waals surface area contributed by atoms with E-state index in [0.29, 0.717) is 10.8 Å². The first kappa shape index (κ1) is 16.6. The minimum absolute atomic E-state index is 0.470. The van der Waals surface area contributed by atoms with Crippen molar-refractivity contribution < 1.29 is 0 Å². The van der Waals surface area contributed by atoms with E-state index in [2.05, 4.69) is 38.4 Å². The lowest BCUT2D eigenvalue weighted by Gasteiger charge is -2.58. The van der Waals surface area contributed by atoms with E-state index in [-0.39, 0.29) is 0 Å². The van der Waals surface area contributed by atoms with E-state index < -0.39 is 0 Å². The summed E-state index contributed by atoms with van der Waals surface area (Å²) in [6.07, 6.45) is 13.5. The molecule has 132 valence electrons. The normalized spacial score (nSPS) is 48.4. The quantitative estimate of drug-likeness (QED) is 0.508. The van der Waals surface area contributed by atoms with Crippen LogP contribution >= 0.6 is 0 Å². The van der Waals surface area contributed by atoms with E-state index in [1.54, 1.807) is 5.57 Å². The lowest BCUT2D eigenvalue weighted by molar-refractivity contribution is -0.0417. The van der Waals surface area contributed by atoms with Gasteiger partial charge in [-0.1, -0.05) is 37.6 Å². The lowest BCUT2D eigenvalue weighted by Crippen LogP contribution is -2.50. The van der Waals surface area contributed by atoms with Gasteiger partial charge in [-0.15, -0.1) is 0 Å². The van der Waals surface area contributed by atoms with Crippen LogP contribution in [0.4, 0.5) is 0 Å². The number of hydrogen-bond acceptors (Lipinski definition) is 1. The van der Waals surface area contributed by atoms with E-state index in [0.717, 1.165) is 23.7 Å². The first-order valence-corrected chi connectivity index (χ1v) is 10.2. The third kappa shape index (κ3) is 2.15. The summed E-state index contributed by atoms with van der Waals surface area (Å²) < 4.78 is 0. The molecule has 0 N–H and O–H groups in total. The van der Waals surface area contributed by atoms with Gasteiger partial charge in [0.15, 0.2) is 0 Å². The average Bonchev–Trinajstić information content (AvgIpc) is 2.92. The molecule has 3 saturated carbocycles. The van der Waals surface area contributed by atoms with Gasteiger partial charge in [-0.2, -0.15) is 0 Å². The second kappa shape index (κ2) is 5.58. The van der Waals surface area contributed by atoms with E-state index in [9.17, 15) is 0 Å². The first-order valence-electron chi connectivity index (χ1n) is 10.2. The van der Waals surface area contributed by atoms with Crippen molar-refractivity contribution in [2.45, 2.75) is 72.1 Å². The van der Waals surface area contributed by atoms with Crippen molar-refractivity contribution in [3.63, 3.8) is 0 Å². The number of allylic oxidation sites excluding steroid dienone is 3. The number of fused-ring (bicyclic) bond motifs is 5. The summed E-state index contributed by atoms with van der Waals surface area (Å²) in [7, 11) is 1.99. The maximum absolute atomic E-state index is 4.60. The highest BCUT2D eigenvalue weighted by molar-refractivity contribution is 5.85. The van der Waals surface area contributed by atoms with Gasteiger partial charge in [-0.3, -0.25) is 4.99 Å². The summed E-state index contributed by atoms with van der Waals surface area (Å²) >= 11 is 0. The van der Waals surface area contributed by atoms with Crippen molar-refractivity contribution in [3.05, 3.63) is 23.8 Å². The highest BCUT2D eigenvalue weighted by Crippen LogP contribution is 2.66. The Morgan fingerprint density at radius 2 is 1.88 bits per heavy atom. The molecule has 4 rings (SSSR count). The fraction of sp³-hybridized carbons (Fsp3) is 0.783. The summed E-state index contributed by atoms with van der Waals surface area (Å²) in [6, 6.07) is 0. The molecule has 6 unspecified atom stereocenters. The molecule has 1 heteroatoms. The van der Waals surface area contributed by atoms with E-state index >= 15 is 0 Å². The van der Waals surface area contributed by atoms with Gasteiger partial charge >= 0.3 is 0 Å². The molecule has 0 bridgehead atoms. The Morgan fingerprint density at radius 3 is 2.62 bits per heavy atom. The topological polar surface area (TPSA) is 12.4 Å². The molecule has 0 heterocycles. The Hall–Kier alpha value is -0.850. The molecule has 1 nitrogen and oxygen atoms in total. The molecule has 3 fully saturated rings. The zero-order chi connectivity index (χ0) is 17.1. The number of rotatable bonds is 1. The Bertz CT molecular complexity index is 612. The summed E-state index contributed by atoms with van der Waals surface area (Å²) in [6.45, 7) is 11.7. The highest BCUT2D eigenvalue weighted by Gasteiger charge is 2.58. The van der Waals surface area contributed by atoms with Crippen LogP contribution < -0.4 is 0 Å².